The van der Waals surface area contributed by atoms with Crippen molar-refractivity contribution in [2.24, 2.45) is 5.92 Å². The van der Waals surface area contributed by atoms with Crippen LogP contribution in [0.5, 0.6) is 0 Å². The lowest BCUT2D eigenvalue weighted by atomic mass is 10.0. The summed E-state index contributed by atoms with van der Waals surface area (Å²) in [5.74, 6) is 0.475. The number of nitrogens with one attached hydrogen (secondary N) is 2. The van der Waals surface area contributed by atoms with Crippen molar-refractivity contribution in [2.45, 2.75) is 38.8 Å². The molecule has 3 amide bonds. The number of ether oxygens (including phenoxy) is 2. The molecule has 2 aliphatic rings. The molecule has 206 valence electrons. The molecule has 2 aromatic rings. The van der Waals surface area contributed by atoms with E-state index in [2.05, 4.69) is 26.7 Å². The highest BCUT2D eigenvalue weighted by Gasteiger charge is 2.29. The number of hydrogen-bond acceptors (Lipinski definition) is 9. The Balaban J connectivity index is 1.52. The zero-order valence-corrected chi connectivity index (χ0v) is 22.4. The van der Waals surface area contributed by atoms with Crippen molar-refractivity contribution in [1.29, 1.82) is 5.26 Å². The van der Waals surface area contributed by atoms with Gasteiger partial charge < -0.3 is 19.7 Å². The number of fused-ring (bicyclic) bond motifs is 1. The van der Waals surface area contributed by atoms with E-state index in [4.69, 9.17) is 9.47 Å². The average molecular weight is 536 g/mol. The lowest BCUT2D eigenvalue weighted by Crippen LogP contribution is -2.40. The molecule has 4 heterocycles. The van der Waals surface area contributed by atoms with Crippen molar-refractivity contribution >= 4 is 35.5 Å². The Morgan fingerprint density at radius 1 is 1.41 bits per heavy atom. The van der Waals surface area contributed by atoms with E-state index >= 15 is 0 Å². The molecule has 12 nitrogen and oxygen atoms in total. The molecule has 12 heteroatoms. The Labute approximate surface area is 227 Å². The third kappa shape index (κ3) is 6.50. The van der Waals surface area contributed by atoms with Gasteiger partial charge in [0, 0.05) is 57.7 Å². The van der Waals surface area contributed by atoms with Gasteiger partial charge in [-0.1, -0.05) is 0 Å². The number of aryl methyl sites for hydroxylation is 1. The first-order valence-electron chi connectivity index (χ1n) is 12.9. The first-order chi connectivity index (χ1) is 18.8. The van der Waals surface area contributed by atoms with Gasteiger partial charge in [-0.2, -0.15) is 5.26 Å². The SMILES string of the molecule is COC[C@@H](C)Nc1cc(NC(=O)N2CCCc3cc(CN(C)C(=O)[C@H]4CCOC4)c(C=O)nc32)ncc1C#N. The standard InChI is InChI=1S/C27H33N7O5/c1-17(15-38-3)30-22-10-24(29-12-21(22)11-28)32-27(37)34-7-4-5-18-9-20(23(14-35)31-25(18)34)13-33(2)26(36)19-6-8-39-16-19/h9-10,12,14,17,19H,4-8,13,15-16H2,1-3H3,(H2,29,30,32,37)/t17-,19+/m1/s1. The molecule has 0 aromatic carbocycles. The molecule has 0 unspecified atom stereocenters. The highest BCUT2D eigenvalue weighted by molar-refractivity contribution is 6.02. The Bertz CT molecular complexity index is 1270. The second kappa shape index (κ2) is 12.6. The van der Waals surface area contributed by atoms with Crippen LogP contribution in [0.25, 0.3) is 0 Å². The van der Waals surface area contributed by atoms with Crippen molar-refractivity contribution < 1.29 is 23.9 Å². The zero-order valence-electron chi connectivity index (χ0n) is 22.4. The van der Waals surface area contributed by atoms with E-state index in [0.29, 0.717) is 74.5 Å². The highest BCUT2D eigenvalue weighted by Crippen LogP contribution is 2.29. The Hall–Kier alpha value is -4.08. The van der Waals surface area contributed by atoms with Crippen molar-refractivity contribution in [2.75, 3.05) is 56.1 Å². The molecule has 0 spiro atoms. The smallest absolute Gasteiger partial charge is 0.328 e. The van der Waals surface area contributed by atoms with Gasteiger partial charge in [-0.3, -0.25) is 19.8 Å². The van der Waals surface area contributed by atoms with Crippen LogP contribution in [-0.4, -0.2) is 79.7 Å². The fourth-order valence-electron chi connectivity index (χ4n) is 4.82. The van der Waals surface area contributed by atoms with Crippen molar-refractivity contribution in [3.05, 3.63) is 40.7 Å². The van der Waals surface area contributed by atoms with E-state index in [0.717, 1.165) is 5.56 Å². The molecule has 39 heavy (non-hydrogen) atoms. The number of amides is 3. The normalized spacial score (nSPS) is 17.1. The molecule has 0 radical (unpaired) electrons. The van der Waals surface area contributed by atoms with E-state index in [1.54, 1.807) is 25.1 Å². The van der Waals surface area contributed by atoms with Crippen LogP contribution >= 0.6 is 0 Å². The maximum absolute atomic E-state index is 13.3. The quantitative estimate of drug-likeness (QED) is 0.462. The van der Waals surface area contributed by atoms with Gasteiger partial charge in [0.2, 0.25) is 5.91 Å². The van der Waals surface area contributed by atoms with Crippen LogP contribution in [0.3, 0.4) is 0 Å². The number of carbonyl (C=O) groups is 3. The van der Waals surface area contributed by atoms with Crippen molar-refractivity contribution in [3.63, 3.8) is 0 Å². The maximum Gasteiger partial charge on any atom is 0.328 e. The number of aromatic nitrogens is 2. The molecule has 1 saturated heterocycles. The number of rotatable bonds is 9. The van der Waals surface area contributed by atoms with Gasteiger partial charge in [-0.25, -0.2) is 14.8 Å². The van der Waals surface area contributed by atoms with Gasteiger partial charge in [0.25, 0.3) is 0 Å². The summed E-state index contributed by atoms with van der Waals surface area (Å²) in [7, 11) is 3.30. The van der Waals surface area contributed by atoms with Crippen LogP contribution in [-0.2, 0) is 27.2 Å². The largest absolute Gasteiger partial charge is 0.383 e. The van der Waals surface area contributed by atoms with Crippen LogP contribution in [0, 0.1) is 17.2 Å². The van der Waals surface area contributed by atoms with Gasteiger partial charge in [0.05, 0.1) is 30.4 Å². The fraction of sp³-hybridized carbons (Fsp3) is 0.481. The Kier molecular flexibility index (Phi) is 9.06. The van der Waals surface area contributed by atoms with Crippen LogP contribution in [0.1, 0.15) is 46.9 Å². The summed E-state index contributed by atoms with van der Waals surface area (Å²) in [5, 5.41) is 15.4. The Morgan fingerprint density at radius 2 is 2.23 bits per heavy atom. The predicted molar refractivity (Wildman–Crippen MR) is 144 cm³/mol. The summed E-state index contributed by atoms with van der Waals surface area (Å²) >= 11 is 0. The van der Waals surface area contributed by atoms with E-state index in [1.807, 2.05) is 13.0 Å². The summed E-state index contributed by atoms with van der Waals surface area (Å²) in [6, 6.07) is 5.04. The molecule has 2 atom stereocenters. The number of anilines is 3. The molecule has 0 bridgehead atoms. The van der Waals surface area contributed by atoms with Gasteiger partial charge in [0.15, 0.2) is 6.29 Å². The van der Waals surface area contributed by atoms with E-state index in [9.17, 15) is 19.6 Å². The number of methoxy groups -OCH3 is 1. The number of carbonyl (C=O) groups excluding carboxylic acids is 3. The van der Waals surface area contributed by atoms with E-state index < -0.39 is 6.03 Å². The topological polar surface area (TPSA) is 150 Å². The number of nitriles is 1. The summed E-state index contributed by atoms with van der Waals surface area (Å²) < 4.78 is 10.5. The second-order valence-electron chi connectivity index (χ2n) is 9.80. The predicted octanol–water partition coefficient (Wildman–Crippen LogP) is 2.59. The number of aldehydes is 1. The van der Waals surface area contributed by atoms with E-state index in [-0.39, 0.29) is 35.9 Å². The first kappa shape index (κ1) is 27.9. The minimum atomic E-state index is -0.449. The summed E-state index contributed by atoms with van der Waals surface area (Å²) in [6.45, 7) is 3.98. The van der Waals surface area contributed by atoms with Gasteiger partial charge >= 0.3 is 6.03 Å². The van der Waals surface area contributed by atoms with E-state index in [1.165, 1.54) is 11.1 Å². The lowest BCUT2D eigenvalue weighted by Gasteiger charge is -2.30. The average Bonchev–Trinajstić information content (AvgIpc) is 3.47. The molecule has 2 N–H and O–H groups in total. The van der Waals surface area contributed by atoms with Gasteiger partial charge in [-0.05, 0) is 37.8 Å². The number of pyridine rings is 2. The monoisotopic (exact) mass is 535 g/mol. The molecule has 4 rings (SSSR count). The fourth-order valence-corrected chi connectivity index (χ4v) is 4.82. The summed E-state index contributed by atoms with van der Waals surface area (Å²) in [5.41, 5.74) is 2.51. The third-order valence-electron chi connectivity index (χ3n) is 6.77. The zero-order chi connectivity index (χ0) is 27.9. The van der Waals surface area contributed by atoms with Crippen LogP contribution in [0.4, 0.5) is 22.1 Å². The molecular weight excluding hydrogens is 502 g/mol. The highest BCUT2D eigenvalue weighted by atomic mass is 16.5. The molecule has 2 aromatic heterocycles. The third-order valence-corrected chi connectivity index (χ3v) is 6.77. The molecule has 1 fully saturated rings. The number of nitrogens with zero attached hydrogens (tertiary/aromatic N) is 5. The minimum Gasteiger partial charge on any atom is -0.383 e. The number of hydrogen-bond donors (Lipinski definition) is 2. The summed E-state index contributed by atoms with van der Waals surface area (Å²) in [6.07, 6.45) is 4.13. The second-order valence-corrected chi connectivity index (χ2v) is 9.80. The Morgan fingerprint density at radius 3 is 2.92 bits per heavy atom. The van der Waals surface area contributed by atoms with Gasteiger partial charge in [-0.15, -0.1) is 0 Å². The number of urea groups is 1. The lowest BCUT2D eigenvalue weighted by molar-refractivity contribution is -0.134. The summed E-state index contributed by atoms with van der Waals surface area (Å²) in [4.78, 5) is 49.8. The maximum atomic E-state index is 13.3. The van der Waals surface area contributed by atoms with Crippen LogP contribution < -0.4 is 15.5 Å². The molecule has 2 aliphatic heterocycles. The first-order valence-corrected chi connectivity index (χ1v) is 12.9. The van der Waals surface area contributed by atoms with Crippen LogP contribution in [0.15, 0.2) is 18.3 Å². The molecule has 0 aliphatic carbocycles. The van der Waals surface area contributed by atoms with Crippen molar-refractivity contribution in [3.8, 4) is 6.07 Å². The molecule has 0 saturated carbocycles. The van der Waals surface area contributed by atoms with Gasteiger partial charge in [0.1, 0.15) is 23.4 Å². The van der Waals surface area contributed by atoms with Crippen molar-refractivity contribution in [1.82, 2.24) is 14.9 Å². The van der Waals surface area contributed by atoms with Crippen LogP contribution in [0.2, 0.25) is 0 Å². The molecular formula is C27H33N7O5. The minimum absolute atomic E-state index is 0.0246.